The Kier molecular flexibility index (Phi) is 7.74. The summed E-state index contributed by atoms with van der Waals surface area (Å²) in [5.41, 5.74) is 2.28. The number of carbonyl (C=O) groups is 1. The van der Waals surface area contributed by atoms with Gasteiger partial charge in [-0.25, -0.2) is 4.39 Å². The molecule has 0 bridgehead atoms. The number of rotatable bonds is 7. The zero-order valence-electron chi connectivity index (χ0n) is 18.5. The summed E-state index contributed by atoms with van der Waals surface area (Å²) in [4.78, 5) is 18.1. The summed E-state index contributed by atoms with van der Waals surface area (Å²) in [6.07, 6.45) is 8.64. The standard InChI is InChI=1S/C27H35FN2O/c28-25-13-7-10-23(20-25)21-30(27(31)24-11-5-2-6-12-24)26-15-18-29(19-16-26)17-14-22-8-3-1-4-9-22/h1,3-4,7-10,13,20,24,26H,2,5-6,11-12,14-19,21H2. The van der Waals surface area contributed by atoms with Crippen molar-refractivity contribution in [3.8, 4) is 0 Å². The molecule has 1 saturated carbocycles. The van der Waals surface area contributed by atoms with Gasteiger partial charge in [-0.1, -0.05) is 61.7 Å². The highest BCUT2D eigenvalue weighted by molar-refractivity contribution is 5.79. The van der Waals surface area contributed by atoms with E-state index in [4.69, 9.17) is 0 Å². The van der Waals surface area contributed by atoms with E-state index in [1.165, 1.54) is 18.1 Å². The van der Waals surface area contributed by atoms with Gasteiger partial charge in [-0.2, -0.15) is 0 Å². The SMILES string of the molecule is O=C(C1CCCCC1)N(Cc1cccc(F)c1)C1CCN(CCc2ccccc2)CC1. The minimum Gasteiger partial charge on any atom is -0.335 e. The zero-order valence-corrected chi connectivity index (χ0v) is 18.5. The molecule has 0 atom stereocenters. The Labute approximate surface area is 186 Å². The fraction of sp³-hybridized carbons (Fsp3) is 0.519. The van der Waals surface area contributed by atoms with Crippen molar-refractivity contribution in [3.63, 3.8) is 0 Å². The molecule has 4 rings (SSSR count). The number of halogens is 1. The van der Waals surface area contributed by atoms with Crippen molar-refractivity contribution < 1.29 is 9.18 Å². The Morgan fingerprint density at radius 2 is 1.61 bits per heavy atom. The van der Waals surface area contributed by atoms with Crippen molar-refractivity contribution >= 4 is 5.91 Å². The van der Waals surface area contributed by atoms with Crippen LogP contribution in [0.2, 0.25) is 0 Å². The second-order valence-corrected chi connectivity index (χ2v) is 9.24. The highest BCUT2D eigenvalue weighted by Crippen LogP contribution is 2.29. The van der Waals surface area contributed by atoms with Crippen LogP contribution >= 0.6 is 0 Å². The van der Waals surface area contributed by atoms with Crippen molar-refractivity contribution in [2.24, 2.45) is 5.92 Å². The third-order valence-electron chi connectivity index (χ3n) is 7.04. The van der Waals surface area contributed by atoms with Crippen LogP contribution in [0.1, 0.15) is 56.1 Å². The molecule has 166 valence electrons. The smallest absolute Gasteiger partial charge is 0.226 e. The third kappa shape index (κ3) is 6.16. The van der Waals surface area contributed by atoms with Crippen molar-refractivity contribution in [1.82, 2.24) is 9.80 Å². The number of piperidine rings is 1. The van der Waals surface area contributed by atoms with E-state index in [1.54, 1.807) is 12.1 Å². The molecule has 2 aliphatic rings. The molecule has 0 N–H and O–H groups in total. The van der Waals surface area contributed by atoms with E-state index in [0.717, 1.165) is 70.1 Å². The first-order valence-corrected chi connectivity index (χ1v) is 12.0. The van der Waals surface area contributed by atoms with E-state index in [0.29, 0.717) is 12.5 Å². The summed E-state index contributed by atoms with van der Waals surface area (Å²) in [6, 6.07) is 17.6. The first-order valence-electron chi connectivity index (χ1n) is 12.0. The molecule has 1 aliphatic carbocycles. The Hall–Kier alpha value is -2.20. The average Bonchev–Trinajstić information content (AvgIpc) is 2.82. The van der Waals surface area contributed by atoms with Crippen LogP contribution in [-0.2, 0) is 17.8 Å². The molecule has 0 spiro atoms. The van der Waals surface area contributed by atoms with Gasteiger partial charge in [-0.3, -0.25) is 4.79 Å². The fourth-order valence-electron chi connectivity index (χ4n) is 5.19. The lowest BCUT2D eigenvalue weighted by Crippen LogP contribution is -2.49. The van der Waals surface area contributed by atoms with Crippen LogP contribution in [-0.4, -0.2) is 41.4 Å². The van der Waals surface area contributed by atoms with Crippen molar-refractivity contribution in [1.29, 1.82) is 0 Å². The van der Waals surface area contributed by atoms with Crippen molar-refractivity contribution in [3.05, 3.63) is 71.5 Å². The monoisotopic (exact) mass is 422 g/mol. The molecule has 0 radical (unpaired) electrons. The van der Waals surface area contributed by atoms with Gasteiger partial charge in [0.1, 0.15) is 5.82 Å². The second kappa shape index (κ2) is 10.9. The summed E-state index contributed by atoms with van der Waals surface area (Å²) in [7, 11) is 0. The molecular formula is C27H35FN2O. The van der Waals surface area contributed by atoms with Gasteiger partial charge < -0.3 is 9.80 Å². The number of likely N-dealkylation sites (tertiary alicyclic amines) is 1. The van der Waals surface area contributed by atoms with Crippen LogP contribution in [0.15, 0.2) is 54.6 Å². The van der Waals surface area contributed by atoms with Crippen LogP contribution < -0.4 is 0 Å². The minimum atomic E-state index is -0.224. The number of nitrogens with zero attached hydrogens (tertiary/aromatic N) is 2. The molecule has 4 heteroatoms. The average molecular weight is 423 g/mol. The lowest BCUT2D eigenvalue weighted by atomic mass is 9.87. The predicted molar refractivity (Wildman–Crippen MR) is 123 cm³/mol. The number of hydrogen-bond donors (Lipinski definition) is 0. The number of benzene rings is 2. The van der Waals surface area contributed by atoms with Crippen molar-refractivity contribution in [2.45, 2.75) is 64.0 Å². The molecule has 3 nitrogen and oxygen atoms in total. The summed E-state index contributed by atoms with van der Waals surface area (Å²) >= 11 is 0. The van der Waals surface area contributed by atoms with Crippen LogP contribution in [0.25, 0.3) is 0 Å². The van der Waals surface area contributed by atoms with Gasteiger partial charge in [0.25, 0.3) is 0 Å². The van der Waals surface area contributed by atoms with Gasteiger partial charge >= 0.3 is 0 Å². The molecule has 2 aromatic carbocycles. The maximum absolute atomic E-state index is 13.8. The van der Waals surface area contributed by atoms with Crippen LogP contribution in [0.4, 0.5) is 4.39 Å². The van der Waals surface area contributed by atoms with E-state index < -0.39 is 0 Å². The lowest BCUT2D eigenvalue weighted by molar-refractivity contribution is -0.140. The summed E-state index contributed by atoms with van der Waals surface area (Å²) in [5, 5.41) is 0. The predicted octanol–water partition coefficient (Wildman–Crippen LogP) is 5.44. The Balaban J connectivity index is 1.38. The maximum atomic E-state index is 13.8. The maximum Gasteiger partial charge on any atom is 0.226 e. The molecule has 1 heterocycles. The van der Waals surface area contributed by atoms with Gasteiger partial charge in [0.15, 0.2) is 0 Å². The Bertz CT molecular complexity index is 826. The summed E-state index contributed by atoms with van der Waals surface area (Å²) in [6.45, 7) is 3.64. The molecule has 1 aliphatic heterocycles. The largest absolute Gasteiger partial charge is 0.335 e. The first kappa shape index (κ1) is 22.0. The highest BCUT2D eigenvalue weighted by Gasteiger charge is 2.32. The molecule has 31 heavy (non-hydrogen) atoms. The van der Waals surface area contributed by atoms with E-state index in [2.05, 4.69) is 40.1 Å². The molecule has 0 unspecified atom stereocenters. The van der Waals surface area contributed by atoms with Crippen LogP contribution in [0, 0.1) is 11.7 Å². The summed E-state index contributed by atoms with van der Waals surface area (Å²) < 4.78 is 13.8. The number of amides is 1. The normalized spacial score (nSPS) is 18.7. The highest BCUT2D eigenvalue weighted by atomic mass is 19.1. The Morgan fingerprint density at radius 1 is 0.903 bits per heavy atom. The van der Waals surface area contributed by atoms with E-state index in [1.807, 2.05) is 6.07 Å². The molecule has 0 aromatic heterocycles. The van der Waals surface area contributed by atoms with Gasteiger partial charge in [-0.15, -0.1) is 0 Å². The number of hydrogen-bond acceptors (Lipinski definition) is 2. The molecule has 2 aromatic rings. The summed E-state index contributed by atoms with van der Waals surface area (Å²) in [5.74, 6) is 0.225. The van der Waals surface area contributed by atoms with E-state index in [-0.39, 0.29) is 17.8 Å². The topological polar surface area (TPSA) is 23.6 Å². The van der Waals surface area contributed by atoms with Crippen LogP contribution in [0.3, 0.4) is 0 Å². The zero-order chi connectivity index (χ0) is 21.5. The van der Waals surface area contributed by atoms with Crippen LogP contribution in [0.5, 0.6) is 0 Å². The fourth-order valence-corrected chi connectivity index (χ4v) is 5.19. The van der Waals surface area contributed by atoms with Gasteiger partial charge in [0.05, 0.1) is 0 Å². The van der Waals surface area contributed by atoms with Gasteiger partial charge in [0.2, 0.25) is 5.91 Å². The van der Waals surface area contributed by atoms with Gasteiger partial charge in [-0.05, 0) is 55.4 Å². The molecule has 2 fully saturated rings. The third-order valence-corrected chi connectivity index (χ3v) is 7.04. The van der Waals surface area contributed by atoms with E-state index in [9.17, 15) is 9.18 Å². The molecule has 1 saturated heterocycles. The Morgan fingerprint density at radius 3 is 2.32 bits per heavy atom. The molecule has 1 amide bonds. The van der Waals surface area contributed by atoms with E-state index >= 15 is 0 Å². The molecular weight excluding hydrogens is 387 g/mol. The first-order chi connectivity index (χ1) is 15.2. The minimum absolute atomic E-state index is 0.151. The second-order valence-electron chi connectivity index (χ2n) is 9.24. The van der Waals surface area contributed by atoms with Gasteiger partial charge in [0, 0.05) is 38.1 Å². The number of carbonyl (C=O) groups excluding carboxylic acids is 1. The van der Waals surface area contributed by atoms with Crippen molar-refractivity contribution in [2.75, 3.05) is 19.6 Å². The lowest BCUT2D eigenvalue weighted by Gasteiger charge is -2.40. The quantitative estimate of drug-likeness (QED) is 0.593.